The van der Waals surface area contributed by atoms with Gasteiger partial charge in [0.05, 0.1) is 5.56 Å². The van der Waals surface area contributed by atoms with Crippen LogP contribution in [-0.4, -0.2) is 16.2 Å². The van der Waals surface area contributed by atoms with E-state index in [1.807, 2.05) is 0 Å². The quantitative estimate of drug-likeness (QED) is 0.858. The molecule has 0 saturated heterocycles. The van der Waals surface area contributed by atoms with Crippen molar-refractivity contribution < 1.29 is 19.2 Å². The minimum atomic E-state index is -0.965. The van der Waals surface area contributed by atoms with Crippen LogP contribution < -0.4 is 4.74 Å². The van der Waals surface area contributed by atoms with E-state index in [0.29, 0.717) is 17.3 Å². The van der Waals surface area contributed by atoms with Crippen molar-refractivity contribution in [2.45, 2.75) is 6.92 Å². The van der Waals surface area contributed by atoms with Crippen LogP contribution in [0.2, 0.25) is 0 Å². The predicted molar refractivity (Wildman–Crippen MR) is 54.7 cm³/mol. The Morgan fingerprint density at radius 1 is 1.38 bits per heavy atom. The van der Waals surface area contributed by atoms with Gasteiger partial charge in [0, 0.05) is 6.92 Å². The second-order valence-corrected chi connectivity index (χ2v) is 3.18. The van der Waals surface area contributed by atoms with Gasteiger partial charge in [-0.3, -0.25) is 0 Å². The highest BCUT2D eigenvalue weighted by molar-refractivity contribution is 5.87. The Labute approximate surface area is 91.3 Å². The first-order valence-corrected chi connectivity index (χ1v) is 4.59. The molecular weight excluding hydrogens is 210 g/mol. The number of hydrogen-bond donors (Lipinski definition) is 1. The van der Waals surface area contributed by atoms with E-state index in [1.165, 1.54) is 18.3 Å². The molecule has 0 bridgehead atoms. The van der Waals surface area contributed by atoms with Crippen molar-refractivity contribution in [3.8, 4) is 11.5 Å². The van der Waals surface area contributed by atoms with Gasteiger partial charge >= 0.3 is 5.97 Å². The molecule has 82 valence electrons. The van der Waals surface area contributed by atoms with Crippen molar-refractivity contribution in [2.75, 3.05) is 0 Å². The average Bonchev–Trinajstić information content (AvgIpc) is 2.65. The van der Waals surface area contributed by atoms with Gasteiger partial charge in [-0.2, -0.15) is 0 Å². The van der Waals surface area contributed by atoms with Crippen LogP contribution in [0.3, 0.4) is 0 Å². The van der Waals surface area contributed by atoms with E-state index in [1.54, 1.807) is 19.1 Å². The van der Waals surface area contributed by atoms with Gasteiger partial charge in [0.25, 0.3) is 0 Å². The Balaban J connectivity index is 2.17. The van der Waals surface area contributed by atoms with Crippen LogP contribution in [0, 0.1) is 6.92 Å². The van der Waals surface area contributed by atoms with E-state index in [4.69, 9.17) is 14.4 Å². The maximum atomic E-state index is 10.6. The summed E-state index contributed by atoms with van der Waals surface area (Å²) in [5, 5.41) is 12.3. The molecule has 2 rings (SSSR count). The van der Waals surface area contributed by atoms with Gasteiger partial charge in [0.2, 0.25) is 0 Å². The van der Waals surface area contributed by atoms with Crippen LogP contribution >= 0.6 is 0 Å². The molecule has 0 amide bonds. The molecule has 0 spiro atoms. The molecule has 1 N–H and O–H groups in total. The predicted octanol–water partition coefficient (Wildman–Crippen LogP) is 2.47. The van der Waals surface area contributed by atoms with Crippen LogP contribution in [0.4, 0.5) is 0 Å². The van der Waals surface area contributed by atoms with Crippen LogP contribution in [0.25, 0.3) is 0 Å². The number of nitrogens with zero attached hydrogens (tertiary/aromatic N) is 1. The molecule has 5 heteroatoms. The van der Waals surface area contributed by atoms with Gasteiger partial charge in [0.1, 0.15) is 11.9 Å². The minimum Gasteiger partial charge on any atom is -0.478 e. The van der Waals surface area contributed by atoms with Crippen molar-refractivity contribution in [1.29, 1.82) is 0 Å². The molecule has 0 aliphatic heterocycles. The molecule has 16 heavy (non-hydrogen) atoms. The van der Waals surface area contributed by atoms with E-state index in [9.17, 15) is 4.79 Å². The lowest BCUT2D eigenvalue weighted by molar-refractivity contribution is 0.0697. The number of ether oxygens (including phenoxy) is 1. The maximum absolute atomic E-state index is 10.6. The summed E-state index contributed by atoms with van der Waals surface area (Å²) in [7, 11) is 0. The normalized spacial score (nSPS) is 10.1. The smallest absolute Gasteiger partial charge is 0.335 e. The Kier molecular flexibility index (Phi) is 2.59. The zero-order valence-corrected chi connectivity index (χ0v) is 8.51. The van der Waals surface area contributed by atoms with Crippen LogP contribution in [0.5, 0.6) is 11.5 Å². The van der Waals surface area contributed by atoms with E-state index < -0.39 is 5.97 Å². The second-order valence-electron chi connectivity index (χ2n) is 3.18. The highest BCUT2D eigenvalue weighted by Crippen LogP contribution is 2.24. The molecule has 0 radical (unpaired) electrons. The summed E-state index contributed by atoms with van der Waals surface area (Å²) in [5.74, 6) is 0.661. The lowest BCUT2D eigenvalue weighted by Crippen LogP contribution is -1.95. The van der Waals surface area contributed by atoms with E-state index in [2.05, 4.69) is 5.16 Å². The molecule has 1 aromatic heterocycles. The number of hydrogen-bond acceptors (Lipinski definition) is 4. The number of carboxylic acids is 1. The maximum Gasteiger partial charge on any atom is 0.335 e. The molecule has 0 aliphatic carbocycles. The van der Waals surface area contributed by atoms with Gasteiger partial charge < -0.3 is 14.4 Å². The topological polar surface area (TPSA) is 72.6 Å². The second kappa shape index (κ2) is 4.06. The fraction of sp³-hybridized carbons (Fsp3) is 0.0909. The van der Waals surface area contributed by atoms with E-state index in [0.717, 1.165) is 0 Å². The Hall–Kier alpha value is -2.30. The molecule has 1 heterocycles. The summed E-state index contributed by atoms with van der Waals surface area (Å²) in [6.45, 7) is 1.73. The molecule has 0 fully saturated rings. The number of carbonyl (C=O) groups is 1. The molecule has 5 nitrogen and oxygen atoms in total. The van der Waals surface area contributed by atoms with Gasteiger partial charge in [-0.1, -0.05) is 5.16 Å². The van der Waals surface area contributed by atoms with Crippen molar-refractivity contribution >= 4 is 5.97 Å². The third-order valence-electron chi connectivity index (χ3n) is 2.04. The third kappa shape index (κ3) is 2.03. The minimum absolute atomic E-state index is 0.217. The first-order valence-electron chi connectivity index (χ1n) is 4.59. The SMILES string of the molecule is Cc1oncc1Oc1ccc(C(=O)O)cc1. The number of aromatic carboxylic acids is 1. The number of carboxylic acid groups (broad SMARTS) is 1. The molecule has 0 unspecified atom stereocenters. The fourth-order valence-corrected chi connectivity index (χ4v) is 1.18. The van der Waals surface area contributed by atoms with Gasteiger partial charge in [0.15, 0.2) is 11.5 Å². The largest absolute Gasteiger partial charge is 0.478 e. The van der Waals surface area contributed by atoms with E-state index >= 15 is 0 Å². The number of rotatable bonds is 3. The fourth-order valence-electron chi connectivity index (χ4n) is 1.18. The summed E-state index contributed by atoms with van der Waals surface area (Å²) < 4.78 is 10.3. The lowest BCUT2D eigenvalue weighted by Gasteiger charge is -2.02. The first kappa shape index (κ1) is 10.2. The molecular formula is C11H9NO4. The number of aromatic nitrogens is 1. The summed E-state index contributed by atoms with van der Waals surface area (Å²) >= 11 is 0. The number of aryl methyl sites for hydroxylation is 1. The van der Waals surface area contributed by atoms with Gasteiger partial charge in [-0.05, 0) is 24.3 Å². The highest BCUT2D eigenvalue weighted by Gasteiger charge is 2.06. The van der Waals surface area contributed by atoms with Crippen LogP contribution in [0.15, 0.2) is 35.0 Å². The summed E-state index contributed by atoms with van der Waals surface area (Å²) in [6, 6.07) is 6.10. The van der Waals surface area contributed by atoms with Crippen molar-refractivity contribution in [2.24, 2.45) is 0 Å². The molecule has 0 aliphatic rings. The lowest BCUT2D eigenvalue weighted by atomic mass is 10.2. The third-order valence-corrected chi connectivity index (χ3v) is 2.04. The average molecular weight is 219 g/mol. The van der Waals surface area contributed by atoms with E-state index in [-0.39, 0.29) is 5.56 Å². The molecule has 0 saturated carbocycles. The number of benzene rings is 1. The molecule has 2 aromatic rings. The Bertz CT molecular complexity index is 501. The van der Waals surface area contributed by atoms with Crippen LogP contribution in [-0.2, 0) is 0 Å². The zero-order chi connectivity index (χ0) is 11.5. The summed E-state index contributed by atoms with van der Waals surface area (Å²) in [4.78, 5) is 10.6. The molecule has 0 atom stereocenters. The molecule has 1 aromatic carbocycles. The van der Waals surface area contributed by atoms with Crippen molar-refractivity contribution in [3.05, 3.63) is 41.8 Å². The summed E-state index contributed by atoms with van der Waals surface area (Å²) in [5.41, 5.74) is 0.217. The standard InChI is InChI=1S/C11H9NO4/c1-7-10(6-12-16-7)15-9-4-2-8(3-5-9)11(13)14/h2-6H,1H3,(H,13,14). The zero-order valence-electron chi connectivity index (χ0n) is 8.51. The van der Waals surface area contributed by atoms with Crippen LogP contribution in [0.1, 0.15) is 16.1 Å². The highest BCUT2D eigenvalue weighted by atomic mass is 16.5. The summed E-state index contributed by atoms with van der Waals surface area (Å²) in [6.07, 6.45) is 1.46. The first-order chi connectivity index (χ1) is 7.66. The van der Waals surface area contributed by atoms with Gasteiger partial charge in [-0.15, -0.1) is 0 Å². The van der Waals surface area contributed by atoms with Gasteiger partial charge in [-0.25, -0.2) is 4.79 Å². The van der Waals surface area contributed by atoms with Crippen molar-refractivity contribution in [3.63, 3.8) is 0 Å². The Morgan fingerprint density at radius 3 is 2.56 bits per heavy atom. The Morgan fingerprint density at radius 2 is 2.06 bits per heavy atom. The van der Waals surface area contributed by atoms with Crippen molar-refractivity contribution in [1.82, 2.24) is 5.16 Å². The monoisotopic (exact) mass is 219 g/mol.